The number of hydrogen-bond acceptors (Lipinski definition) is 5. The van der Waals surface area contributed by atoms with E-state index < -0.39 is 5.60 Å². The molecule has 1 aromatic heterocycles. The minimum absolute atomic E-state index is 0.229. The van der Waals surface area contributed by atoms with Gasteiger partial charge in [0.15, 0.2) is 0 Å². The Morgan fingerprint density at radius 2 is 2.20 bits per heavy atom. The molecule has 6 heteroatoms. The van der Waals surface area contributed by atoms with Crippen molar-refractivity contribution in [2.45, 2.75) is 51.8 Å². The second-order valence-corrected chi connectivity index (χ2v) is 6.79. The van der Waals surface area contributed by atoms with Gasteiger partial charge in [0, 0.05) is 11.4 Å². The van der Waals surface area contributed by atoms with E-state index in [2.05, 4.69) is 10.3 Å². The van der Waals surface area contributed by atoms with Crippen molar-refractivity contribution in [1.82, 2.24) is 15.2 Å². The molecule has 0 spiro atoms. The van der Waals surface area contributed by atoms with E-state index in [1.54, 1.807) is 16.8 Å². The Morgan fingerprint density at radius 3 is 2.75 bits per heavy atom. The summed E-state index contributed by atoms with van der Waals surface area (Å²) in [4.78, 5) is 18.6. The molecule has 2 heterocycles. The maximum Gasteiger partial charge on any atom is 0.410 e. The Labute approximate surface area is 124 Å². The third-order valence-corrected chi connectivity index (χ3v) is 3.83. The lowest BCUT2D eigenvalue weighted by atomic mass is 10.1. The first-order valence-electron chi connectivity index (χ1n) is 7.03. The second-order valence-electron chi connectivity index (χ2n) is 6.07. The van der Waals surface area contributed by atoms with E-state index >= 15 is 0 Å². The second kappa shape index (κ2) is 6.54. The van der Waals surface area contributed by atoms with Crippen LogP contribution in [-0.2, 0) is 11.3 Å². The number of amides is 1. The first-order valence-corrected chi connectivity index (χ1v) is 7.97. The van der Waals surface area contributed by atoms with Crippen molar-refractivity contribution < 1.29 is 9.53 Å². The van der Waals surface area contributed by atoms with Gasteiger partial charge in [-0.2, -0.15) is 0 Å². The van der Waals surface area contributed by atoms with Crippen LogP contribution >= 0.6 is 11.3 Å². The van der Waals surface area contributed by atoms with E-state index in [0.29, 0.717) is 6.54 Å². The van der Waals surface area contributed by atoms with Gasteiger partial charge in [-0.3, -0.25) is 4.90 Å². The van der Waals surface area contributed by atoms with E-state index in [4.69, 9.17) is 4.74 Å². The van der Waals surface area contributed by atoms with Gasteiger partial charge >= 0.3 is 6.09 Å². The molecule has 0 bridgehead atoms. The van der Waals surface area contributed by atoms with Crippen LogP contribution in [0.3, 0.4) is 0 Å². The van der Waals surface area contributed by atoms with Crippen molar-refractivity contribution in [2.75, 3.05) is 13.1 Å². The van der Waals surface area contributed by atoms with Gasteiger partial charge in [-0.1, -0.05) is 0 Å². The number of aromatic nitrogens is 1. The molecule has 1 saturated heterocycles. The summed E-state index contributed by atoms with van der Waals surface area (Å²) in [5, 5.41) is 5.31. The molecular formula is C14H23N3O2S. The van der Waals surface area contributed by atoms with Gasteiger partial charge in [-0.15, -0.1) is 11.3 Å². The number of carbonyl (C=O) groups is 1. The van der Waals surface area contributed by atoms with Crippen LogP contribution in [0.15, 0.2) is 10.9 Å². The van der Waals surface area contributed by atoms with Crippen LogP contribution in [0.4, 0.5) is 4.79 Å². The molecule has 1 amide bonds. The highest BCUT2D eigenvalue weighted by atomic mass is 32.1. The molecule has 112 valence electrons. The smallest absolute Gasteiger partial charge is 0.410 e. The quantitative estimate of drug-likeness (QED) is 0.932. The van der Waals surface area contributed by atoms with Crippen LogP contribution in [0.1, 0.15) is 39.3 Å². The fraction of sp³-hybridized carbons (Fsp3) is 0.714. The van der Waals surface area contributed by atoms with Gasteiger partial charge in [0.05, 0.1) is 17.7 Å². The fourth-order valence-electron chi connectivity index (χ4n) is 2.27. The lowest BCUT2D eigenvalue weighted by Gasteiger charge is -2.35. The standard InChI is InChI=1S/C14H23N3O2S/c1-14(2,3)19-13(18)17(8-11-9-20-10-16-11)12-4-6-15-7-5-12/h9-10,12,15H,4-8H2,1-3H3. The molecule has 0 radical (unpaired) electrons. The molecule has 1 N–H and O–H groups in total. The number of nitrogens with one attached hydrogen (secondary N) is 1. The number of nitrogens with zero attached hydrogens (tertiary/aromatic N) is 2. The summed E-state index contributed by atoms with van der Waals surface area (Å²) in [7, 11) is 0. The number of thiazole rings is 1. The zero-order chi connectivity index (χ0) is 14.6. The molecule has 0 saturated carbocycles. The van der Waals surface area contributed by atoms with E-state index in [-0.39, 0.29) is 12.1 Å². The molecule has 2 rings (SSSR count). The van der Waals surface area contributed by atoms with Crippen molar-refractivity contribution >= 4 is 17.4 Å². The Hall–Kier alpha value is -1.14. The predicted molar refractivity (Wildman–Crippen MR) is 79.8 cm³/mol. The SMILES string of the molecule is CC(C)(C)OC(=O)N(Cc1cscn1)C1CCNCC1. The lowest BCUT2D eigenvalue weighted by Crippen LogP contribution is -2.47. The summed E-state index contributed by atoms with van der Waals surface area (Å²) >= 11 is 1.55. The summed E-state index contributed by atoms with van der Waals surface area (Å²) in [6, 6.07) is 0.229. The summed E-state index contributed by atoms with van der Waals surface area (Å²) in [6.45, 7) is 8.11. The van der Waals surface area contributed by atoms with Gasteiger partial charge in [0.25, 0.3) is 0 Å². The molecule has 1 aromatic rings. The van der Waals surface area contributed by atoms with E-state index in [9.17, 15) is 4.79 Å². The zero-order valence-electron chi connectivity index (χ0n) is 12.4. The van der Waals surface area contributed by atoms with Crippen LogP contribution in [0.2, 0.25) is 0 Å². The predicted octanol–water partition coefficient (Wildman–Crippen LogP) is 2.63. The highest BCUT2D eigenvalue weighted by Crippen LogP contribution is 2.19. The first kappa shape index (κ1) is 15.3. The van der Waals surface area contributed by atoms with E-state index in [1.165, 1.54) is 0 Å². The molecule has 0 unspecified atom stereocenters. The first-order chi connectivity index (χ1) is 9.46. The van der Waals surface area contributed by atoms with Crippen LogP contribution < -0.4 is 5.32 Å². The van der Waals surface area contributed by atoms with Crippen molar-refractivity contribution in [2.24, 2.45) is 0 Å². The zero-order valence-corrected chi connectivity index (χ0v) is 13.2. The highest BCUT2D eigenvalue weighted by Gasteiger charge is 2.29. The summed E-state index contributed by atoms with van der Waals surface area (Å²) in [6.07, 6.45) is 1.68. The maximum atomic E-state index is 12.4. The normalized spacial score (nSPS) is 16.9. The van der Waals surface area contributed by atoms with Crippen molar-refractivity contribution in [1.29, 1.82) is 0 Å². The van der Waals surface area contributed by atoms with Gasteiger partial charge in [-0.05, 0) is 46.7 Å². The number of ether oxygens (including phenoxy) is 1. The topological polar surface area (TPSA) is 54.5 Å². The largest absolute Gasteiger partial charge is 0.444 e. The third kappa shape index (κ3) is 4.45. The molecule has 1 aliphatic rings. The van der Waals surface area contributed by atoms with Crippen molar-refractivity contribution in [3.8, 4) is 0 Å². The molecule has 5 nitrogen and oxygen atoms in total. The van der Waals surface area contributed by atoms with Gasteiger partial charge < -0.3 is 10.1 Å². The summed E-state index contributed by atoms with van der Waals surface area (Å²) in [5.41, 5.74) is 2.26. The minimum Gasteiger partial charge on any atom is -0.444 e. The Kier molecular flexibility index (Phi) is 4.99. The number of carbonyl (C=O) groups excluding carboxylic acids is 1. The Morgan fingerprint density at radius 1 is 1.50 bits per heavy atom. The molecule has 0 aromatic carbocycles. The number of rotatable bonds is 3. The summed E-state index contributed by atoms with van der Waals surface area (Å²) < 4.78 is 5.54. The molecular weight excluding hydrogens is 274 g/mol. The van der Waals surface area contributed by atoms with Crippen LogP contribution in [0.25, 0.3) is 0 Å². The van der Waals surface area contributed by atoms with Gasteiger partial charge in [-0.25, -0.2) is 9.78 Å². The molecule has 0 aliphatic carbocycles. The molecule has 1 aliphatic heterocycles. The monoisotopic (exact) mass is 297 g/mol. The maximum absolute atomic E-state index is 12.4. The van der Waals surface area contributed by atoms with Crippen LogP contribution in [-0.4, -0.2) is 40.7 Å². The van der Waals surface area contributed by atoms with Crippen LogP contribution in [0.5, 0.6) is 0 Å². The summed E-state index contributed by atoms with van der Waals surface area (Å²) in [5.74, 6) is 0. The third-order valence-electron chi connectivity index (χ3n) is 3.19. The van der Waals surface area contributed by atoms with Crippen molar-refractivity contribution in [3.63, 3.8) is 0 Å². The molecule has 1 fully saturated rings. The van der Waals surface area contributed by atoms with Gasteiger partial charge in [0.1, 0.15) is 5.60 Å². The van der Waals surface area contributed by atoms with E-state index in [0.717, 1.165) is 31.6 Å². The highest BCUT2D eigenvalue weighted by molar-refractivity contribution is 7.07. The van der Waals surface area contributed by atoms with Crippen molar-refractivity contribution in [3.05, 3.63) is 16.6 Å². The molecule has 20 heavy (non-hydrogen) atoms. The average molecular weight is 297 g/mol. The molecule has 0 atom stereocenters. The minimum atomic E-state index is -0.468. The van der Waals surface area contributed by atoms with Gasteiger partial charge in [0.2, 0.25) is 0 Å². The van der Waals surface area contributed by atoms with Crippen LogP contribution in [0, 0.1) is 0 Å². The Bertz CT molecular complexity index is 422. The fourth-order valence-corrected chi connectivity index (χ4v) is 2.82. The average Bonchev–Trinajstić information content (AvgIpc) is 2.87. The Balaban J connectivity index is 2.08. The van der Waals surface area contributed by atoms with E-state index in [1.807, 2.05) is 31.1 Å². The number of piperidine rings is 1. The lowest BCUT2D eigenvalue weighted by molar-refractivity contribution is 0.0104. The number of hydrogen-bond donors (Lipinski definition) is 1.